The highest BCUT2D eigenvalue weighted by molar-refractivity contribution is 5.77. The van der Waals surface area contributed by atoms with Crippen molar-refractivity contribution in [2.24, 2.45) is 0 Å². The van der Waals surface area contributed by atoms with Gasteiger partial charge < -0.3 is 10.0 Å². The molecule has 2 aliphatic heterocycles. The summed E-state index contributed by atoms with van der Waals surface area (Å²) in [5, 5.41) is 10.3. The highest BCUT2D eigenvalue weighted by atomic mass is 16.3. The summed E-state index contributed by atoms with van der Waals surface area (Å²) in [6, 6.07) is 7.87. The van der Waals surface area contributed by atoms with E-state index in [9.17, 15) is 9.90 Å². The van der Waals surface area contributed by atoms with Crippen molar-refractivity contribution in [3.8, 4) is 0 Å². The van der Waals surface area contributed by atoms with E-state index in [1.54, 1.807) is 0 Å². The Morgan fingerprint density at radius 2 is 2.12 bits per heavy atom. The standard InChI is InChI=1S/C13H15NO2/c15-12-7-3-6-11-13(16)10-5-2-1-4-9(10)8-14(11)12/h1-2,4-5,11,13,16H,3,6-8H2/t11-,13+/m0/s1. The molecule has 0 aliphatic carbocycles. The lowest BCUT2D eigenvalue weighted by atomic mass is 9.86. The summed E-state index contributed by atoms with van der Waals surface area (Å²) in [6.07, 6.45) is 1.94. The first-order valence-electron chi connectivity index (χ1n) is 5.83. The number of hydrogen-bond donors (Lipinski definition) is 1. The van der Waals surface area contributed by atoms with E-state index in [0.717, 1.165) is 24.0 Å². The molecule has 0 spiro atoms. The molecule has 1 amide bonds. The number of aliphatic hydroxyl groups is 1. The van der Waals surface area contributed by atoms with Crippen molar-refractivity contribution >= 4 is 5.91 Å². The predicted octanol–water partition coefficient (Wildman–Crippen LogP) is 1.61. The fraction of sp³-hybridized carbons (Fsp3) is 0.462. The molecule has 2 atom stereocenters. The summed E-state index contributed by atoms with van der Waals surface area (Å²) in [5.74, 6) is 0.185. The van der Waals surface area contributed by atoms with Crippen molar-refractivity contribution in [3.63, 3.8) is 0 Å². The molecule has 16 heavy (non-hydrogen) atoms. The normalized spacial score (nSPS) is 28.6. The maximum Gasteiger partial charge on any atom is 0.223 e. The molecule has 3 rings (SSSR count). The molecule has 0 radical (unpaired) electrons. The van der Waals surface area contributed by atoms with E-state index in [-0.39, 0.29) is 11.9 Å². The molecule has 1 fully saturated rings. The van der Waals surface area contributed by atoms with Gasteiger partial charge in [-0.2, -0.15) is 0 Å². The number of carbonyl (C=O) groups is 1. The SMILES string of the molecule is O=C1CCC[C@H]2[C@H](O)c3ccccc3CN12. The number of carbonyl (C=O) groups excluding carboxylic acids is 1. The Morgan fingerprint density at radius 3 is 3.00 bits per heavy atom. The molecule has 1 N–H and O–H groups in total. The van der Waals surface area contributed by atoms with Crippen LogP contribution in [0.25, 0.3) is 0 Å². The van der Waals surface area contributed by atoms with Crippen LogP contribution in [0.2, 0.25) is 0 Å². The first-order chi connectivity index (χ1) is 7.77. The van der Waals surface area contributed by atoms with Crippen molar-refractivity contribution in [3.05, 3.63) is 35.4 Å². The molecule has 0 unspecified atom stereocenters. The Morgan fingerprint density at radius 1 is 1.31 bits per heavy atom. The van der Waals surface area contributed by atoms with Crippen molar-refractivity contribution in [1.29, 1.82) is 0 Å². The van der Waals surface area contributed by atoms with Crippen LogP contribution in [0.15, 0.2) is 24.3 Å². The van der Waals surface area contributed by atoms with Gasteiger partial charge in [0.15, 0.2) is 0 Å². The van der Waals surface area contributed by atoms with E-state index in [1.807, 2.05) is 29.2 Å². The van der Waals surface area contributed by atoms with Crippen molar-refractivity contribution in [2.45, 2.75) is 38.0 Å². The molecule has 0 saturated carbocycles. The van der Waals surface area contributed by atoms with E-state index >= 15 is 0 Å². The van der Waals surface area contributed by atoms with Gasteiger partial charge in [-0.25, -0.2) is 0 Å². The number of nitrogens with zero attached hydrogens (tertiary/aromatic N) is 1. The Kier molecular flexibility index (Phi) is 2.21. The minimum Gasteiger partial charge on any atom is -0.386 e. The third-order valence-electron chi connectivity index (χ3n) is 3.69. The Labute approximate surface area is 94.7 Å². The van der Waals surface area contributed by atoms with Gasteiger partial charge in [0.2, 0.25) is 5.91 Å². The van der Waals surface area contributed by atoms with Crippen LogP contribution in [0, 0.1) is 0 Å². The van der Waals surface area contributed by atoms with Gasteiger partial charge in [-0.15, -0.1) is 0 Å². The maximum absolute atomic E-state index is 11.8. The highest BCUT2D eigenvalue weighted by Gasteiger charge is 2.38. The molecule has 0 bridgehead atoms. The van der Waals surface area contributed by atoms with Crippen LogP contribution in [0.4, 0.5) is 0 Å². The van der Waals surface area contributed by atoms with Gasteiger partial charge in [-0.05, 0) is 24.0 Å². The van der Waals surface area contributed by atoms with Gasteiger partial charge in [0.1, 0.15) is 0 Å². The van der Waals surface area contributed by atoms with Crippen LogP contribution in [0.5, 0.6) is 0 Å². The average molecular weight is 217 g/mol. The topological polar surface area (TPSA) is 40.5 Å². The minimum atomic E-state index is -0.505. The molecular formula is C13H15NO2. The maximum atomic E-state index is 11.8. The number of hydrogen-bond acceptors (Lipinski definition) is 2. The van der Waals surface area contributed by atoms with Crippen LogP contribution in [0.3, 0.4) is 0 Å². The summed E-state index contributed by atoms with van der Waals surface area (Å²) in [6.45, 7) is 0.663. The Bertz CT molecular complexity index is 430. The number of fused-ring (bicyclic) bond motifs is 2. The molecule has 3 heteroatoms. The monoisotopic (exact) mass is 217 g/mol. The lowest BCUT2D eigenvalue weighted by molar-refractivity contribution is -0.142. The zero-order valence-corrected chi connectivity index (χ0v) is 9.10. The third kappa shape index (κ3) is 1.35. The molecule has 0 aromatic heterocycles. The fourth-order valence-corrected chi connectivity index (χ4v) is 2.84. The van der Waals surface area contributed by atoms with Gasteiger partial charge in [0, 0.05) is 13.0 Å². The van der Waals surface area contributed by atoms with Crippen LogP contribution < -0.4 is 0 Å². The minimum absolute atomic E-state index is 0.00356. The first-order valence-corrected chi connectivity index (χ1v) is 5.83. The Hall–Kier alpha value is -1.35. The number of benzene rings is 1. The van der Waals surface area contributed by atoms with Crippen molar-refractivity contribution in [2.75, 3.05) is 0 Å². The second kappa shape index (κ2) is 3.59. The van der Waals surface area contributed by atoms with Gasteiger partial charge in [0.05, 0.1) is 12.1 Å². The molecule has 1 saturated heterocycles. The predicted molar refractivity (Wildman–Crippen MR) is 59.6 cm³/mol. The fourth-order valence-electron chi connectivity index (χ4n) is 2.84. The van der Waals surface area contributed by atoms with E-state index < -0.39 is 6.10 Å². The van der Waals surface area contributed by atoms with Gasteiger partial charge >= 0.3 is 0 Å². The van der Waals surface area contributed by atoms with Crippen LogP contribution in [0.1, 0.15) is 36.5 Å². The van der Waals surface area contributed by atoms with Gasteiger partial charge in [-0.1, -0.05) is 24.3 Å². The summed E-state index contributed by atoms with van der Waals surface area (Å²) in [7, 11) is 0. The van der Waals surface area contributed by atoms with Crippen molar-refractivity contribution in [1.82, 2.24) is 4.90 Å². The molecule has 1 aromatic carbocycles. The molecule has 3 nitrogen and oxygen atoms in total. The van der Waals surface area contributed by atoms with Crippen LogP contribution >= 0.6 is 0 Å². The summed E-state index contributed by atoms with van der Waals surface area (Å²) in [4.78, 5) is 13.6. The van der Waals surface area contributed by atoms with Gasteiger partial charge in [0.25, 0.3) is 0 Å². The lowest BCUT2D eigenvalue weighted by Gasteiger charge is -2.43. The third-order valence-corrected chi connectivity index (χ3v) is 3.69. The summed E-state index contributed by atoms with van der Waals surface area (Å²) < 4.78 is 0. The summed E-state index contributed by atoms with van der Waals surface area (Å²) >= 11 is 0. The average Bonchev–Trinajstić information content (AvgIpc) is 2.31. The van der Waals surface area contributed by atoms with Crippen LogP contribution in [-0.2, 0) is 11.3 Å². The van der Waals surface area contributed by atoms with E-state index in [4.69, 9.17) is 0 Å². The number of aliphatic hydroxyl groups excluding tert-OH is 1. The zero-order valence-electron chi connectivity index (χ0n) is 9.10. The highest BCUT2D eigenvalue weighted by Crippen LogP contribution is 2.36. The number of piperidine rings is 1. The summed E-state index contributed by atoms with van der Waals surface area (Å²) in [5.41, 5.74) is 2.08. The number of rotatable bonds is 0. The smallest absolute Gasteiger partial charge is 0.223 e. The van der Waals surface area contributed by atoms with Crippen molar-refractivity contribution < 1.29 is 9.90 Å². The second-order valence-corrected chi connectivity index (χ2v) is 4.62. The number of amides is 1. The van der Waals surface area contributed by atoms with E-state index in [1.165, 1.54) is 0 Å². The largest absolute Gasteiger partial charge is 0.386 e. The lowest BCUT2D eigenvalue weighted by Crippen LogP contribution is -2.49. The molecule has 84 valence electrons. The molecular weight excluding hydrogens is 202 g/mol. The Balaban J connectivity index is 2.02. The molecule has 1 aromatic rings. The molecule has 2 aliphatic rings. The second-order valence-electron chi connectivity index (χ2n) is 4.62. The van der Waals surface area contributed by atoms with E-state index in [2.05, 4.69) is 0 Å². The van der Waals surface area contributed by atoms with E-state index in [0.29, 0.717) is 13.0 Å². The zero-order chi connectivity index (χ0) is 11.1. The van der Waals surface area contributed by atoms with Gasteiger partial charge in [-0.3, -0.25) is 4.79 Å². The quantitative estimate of drug-likeness (QED) is 0.717. The molecule has 2 heterocycles. The first kappa shape index (κ1) is 9.85. The van der Waals surface area contributed by atoms with Crippen LogP contribution in [-0.4, -0.2) is 22.0 Å².